The Kier molecular flexibility index (Phi) is 16.7. The minimum absolute atomic E-state index is 0.0190. The van der Waals surface area contributed by atoms with E-state index in [1.54, 1.807) is 13.8 Å². The maximum Gasteiger partial charge on any atom is 0.320 e. The summed E-state index contributed by atoms with van der Waals surface area (Å²) in [5, 5.41) is 0. The minimum atomic E-state index is -2.47. The van der Waals surface area contributed by atoms with Gasteiger partial charge in [-0.15, -0.1) is 0 Å². The van der Waals surface area contributed by atoms with Gasteiger partial charge in [0.15, 0.2) is 8.32 Å². The van der Waals surface area contributed by atoms with Crippen LogP contribution >= 0.6 is 0 Å². The summed E-state index contributed by atoms with van der Waals surface area (Å²) >= 11 is 0. The van der Waals surface area contributed by atoms with E-state index in [4.69, 9.17) is 34.6 Å². The second kappa shape index (κ2) is 21.8. The Labute approximate surface area is 354 Å². The number of aromatic nitrogens is 2. The van der Waals surface area contributed by atoms with E-state index in [1.165, 1.54) is 23.2 Å². The van der Waals surface area contributed by atoms with Gasteiger partial charge in [-0.25, -0.2) is 8.78 Å². The maximum atomic E-state index is 14.9. The summed E-state index contributed by atoms with van der Waals surface area (Å²) < 4.78 is 49.4. The van der Waals surface area contributed by atoms with E-state index < -0.39 is 32.0 Å². The first-order chi connectivity index (χ1) is 28.9. The number of nitrogens with zero attached hydrogens (tertiary/aromatic N) is 4. The predicted molar refractivity (Wildman–Crippen MR) is 233 cm³/mol. The number of carbonyl (C=O) groups excluding carboxylic acids is 2. The van der Waals surface area contributed by atoms with E-state index in [9.17, 15) is 18.4 Å². The highest BCUT2D eigenvalue weighted by Crippen LogP contribution is 2.37. The predicted octanol–water partition coefficient (Wildman–Crippen LogP) is 9.76. The number of nitrogens with two attached hydrogens (primary N) is 1. The summed E-state index contributed by atoms with van der Waals surface area (Å²) in [4.78, 5) is 43.0. The molecule has 13 heteroatoms. The van der Waals surface area contributed by atoms with Crippen molar-refractivity contribution in [3.63, 3.8) is 0 Å². The van der Waals surface area contributed by atoms with Crippen LogP contribution < -0.4 is 15.2 Å². The van der Waals surface area contributed by atoms with Crippen LogP contribution in [0.5, 0.6) is 11.9 Å². The quantitative estimate of drug-likeness (QED) is 0.0529. The zero-order valence-electron chi connectivity index (χ0n) is 35.8. The molecule has 2 N–H and O–H groups in total. The van der Waals surface area contributed by atoms with Gasteiger partial charge >= 0.3 is 6.01 Å². The molecule has 10 nitrogen and oxygen atoms in total. The monoisotopic (exact) mass is 839 g/mol. The third-order valence-electron chi connectivity index (χ3n) is 11.6. The lowest BCUT2D eigenvalue weighted by Gasteiger charge is -2.37. The molecule has 1 amide bonds. The molecule has 1 unspecified atom stereocenters. The number of hydrogen-bond donors (Lipinski definition) is 1. The lowest BCUT2D eigenvalue weighted by molar-refractivity contribution is -0.128. The summed E-state index contributed by atoms with van der Waals surface area (Å²) in [7, 11) is -2.47. The van der Waals surface area contributed by atoms with Crippen molar-refractivity contribution in [3.05, 3.63) is 130 Å². The van der Waals surface area contributed by atoms with Crippen molar-refractivity contribution in [1.29, 1.82) is 0 Å². The molecule has 1 saturated carbocycles. The molecule has 1 aliphatic rings. The molecule has 1 aromatic heterocycles. The molecule has 1 heterocycles. The largest absolute Gasteiger partial charge is 0.472 e. The Hall–Kier alpha value is -5.27. The number of Topliss-reactive ketones (excluding diaryl/α,β-unsaturated/α-hetero) is 1. The lowest BCUT2D eigenvalue weighted by Crippen LogP contribution is -2.43. The second-order valence-corrected chi connectivity index (χ2v) is 20.3. The van der Waals surface area contributed by atoms with Crippen molar-refractivity contribution in [3.8, 4) is 11.9 Å². The zero-order chi connectivity index (χ0) is 43.2. The van der Waals surface area contributed by atoms with Crippen LogP contribution in [0.25, 0.3) is 0 Å². The number of aryl methyl sites for hydroxylation is 1. The highest BCUT2D eigenvalue weighted by molar-refractivity contribution is 6.73. The molecule has 0 spiro atoms. The molecular weight excluding hydrogens is 781 g/mol. The number of hydrogen-bond acceptors (Lipinski definition) is 9. The van der Waals surface area contributed by atoms with Gasteiger partial charge in [0, 0.05) is 30.4 Å². The molecule has 3 aromatic carbocycles. The van der Waals surface area contributed by atoms with Crippen LogP contribution in [0, 0.1) is 24.5 Å². The molecule has 0 bridgehead atoms. The fourth-order valence-electron chi connectivity index (χ4n) is 7.83. The molecule has 1 fully saturated rings. The van der Waals surface area contributed by atoms with Crippen LogP contribution in [0.3, 0.4) is 0 Å². The molecule has 320 valence electrons. The lowest BCUT2D eigenvalue weighted by atomic mass is 9.84. The van der Waals surface area contributed by atoms with Gasteiger partial charge in [-0.2, -0.15) is 9.97 Å². The van der Waals surface area contributed by atoms with Crippen LogP contribution in [-0.2, 0) is 33.8 Å². The molecule has 0 aliphatic heterocycles. The molecule has 60 heavy (non-hydrogen) atoms. The van der Waals surface area contributed by atoms with Gasteiger partial charge in [0.25, 0.3) is 5.91 Å². The van der Waals surface area contributed by atoms with Gasteiger partial charge in [0.2, 0.25) is 5.88 Å². The minimum Gasteiger partial charge on any atom is -0.472 e. The highest BCUT2D eigenvalue weighted by atomic mass is 28.4. The van der Waals surface area contributed by atoms with Gasteiger partial charge in [0.05, 0.1) is 35.5 Å². The van der Waals surface area contributed by atoms with Crippen molar-refractivity contribution >= 4 is 25.7 Å². The Morgan fingerprint density at radius 1 is 0.850 bits per heavy atom. The number of ketones is 1. The summed E-state index contributed by atoms with van der Waals surface area (Å²) in [6, 6.07) is 25.0. The van der Waals surface area contributed by atoms with E-state index in [-0.39, 0.29) is 67.1 Å². The molecule has 0 saturated heterocycles. The van der Waals surface area contributed by atoms with Crippen molar-refractivity contribution in [1.82, 2.24) is 14.9 Å². The first-order valence-electron chi connectivity index (χ1n) is 21.0. The van der Waals surface area contributed by atoms with Crippen LogP contribution in [-0.4, -0.2) is 53.2 Å². The third kappa shape index (κ3) is 12.4. The molecule has 1 aliphatic carbocycles. The SMILES string of the molecule is CC[Si](CC)(CC)OC(CN(Cc1cc(F)cc(F)c1)C(=O)C(=CN)C(C)=NC1CCC(C(C)=O)CC1)c1c(C)nc(OCc2ccccc2)nc1OCc1ccccc1. The van der Waals surface area contributed by atoms with Gasteiger partial charge in [-0.1, -0.05) is 81.4 Å². The number of rotatable bonds is 20. The maximum absolute atomic E-state index is 14.9. The van der Waals surface area contributed by atoms with E-state index >= 15 is 0 Å². The van der Waals surface area contributed by atoms with Crippen molar-refractivity contribution in [2.24, 2.45) is 16.6 Å². The summed E-state index contributed by atoms with van der Waals surface area (Å²) in [6.07, 6.45) is 3.29. The van der Waals surface area contributed by atoms with Crippen LogP contribution in [0.4, 0.5) is 8.78 Å². The number of amides is 1. The molecule has 4 aromatic rings. The van der Waals surface area contributed by atoms with Crippen LogP contribution in [0.15, 0.2) is 95.6 Å². The zero-order valence-corrected chi connectivity index (χ0v) is 36.8. The molecule has 1 atom stereocenters. The summed E-state index contributed by atoms with van der Waals surface area (Å²) in [6.45, 7) is 11.7. The van der Waals surface area contributed by atoms with Crippen molar-refractivity contribution in [2.75, 3.05) is 6.54 Å². The topological polar surface area (TPSA) is 129 Å². The third-order valence-corrected chi connectivity index (χ3v) is 16.2. The van der Waals surface area contributed by atoms with Gasteiger partial charge in [-0.3, -0.25) is 14.6 Å². The molecular formula is C47H59F2N5O5Si. The number of carbonyl (C=O) groups is 2. The fraction of sp³-hybridized carbons (Fsp3) is 0.426. The Balaban J connectivity index is 1.60. The summed E-state index contributed by atoms with van der Waals surface area (Å²) in [5.41, 5.74) is 9.99. The van der Waals surface area contributed by atoms with E-state index in [1.807, 2.05) is 67.6 Å². The summed E-state index contributed by atoms with van der Waals surface area (Å²) in [5.74, 6) is -1.58. The van der Waals surface area contributed by atoms with Gasteiger partial charge in [-0.05, 0) is 93.4 Å². The van der Waals surface area contributed by atoms with E-state index in [2.05, 4.69) is 20.8 Å². The average molecular weight is 840 g/mol. The van der Waals surface area contributed by atoms with Crippen molar-refractivity contribution in [2.45, 2.75) is 117 Å². The van der Waals surface area contributed by atoms with E-state index in [0.29, 0.717) is 29.8 Å². The first-order valence-corrected chi connectivity index (χ1v) is 23.5. The van der Waals surface area contributed by atoms with E-state index in [0.717, 1.165) is 48.2 Å². The van der Waals surface area contributed by atoms with Gasteiger partial charge < -0.3 is 24.5 Å². The number of ether oxygens (including phenoxy) is 2. The molecule has 0 radical (unpaired) electrons. The van der Waals surface area contributed by atoms with Gasteiger partial charge in [0.1, 0.15) is 30.6 Å². The van der Waals surface area contributed by atoms with Crippen molar-refractivity contribution < 1.29 is 32.3 Å². The number of benzene rings is 3. The molecule has 5 rings (SSSR count). The smallest absolute Gasteiger partial charge is 0.320 e. The Bertz CT molecular complexity index is 2080. The Morgan fingerprint density at radius 2 is 1.42 bits per heavy atom. The first kappa shape index (κ1) is 45.8. The standard InChI is InChI=1S/C47H59F2N5O5Si/c1-7-60(8-2,9-3)59-43(44-33(5)52-47(58-31-36-18-14-11-15-19-36)53-45(44)57-30-35-16-12-10-13-17-35)29-54(28-37-24-39(48)26-40(49)25-37)46(56)42(27-50)32(4)51-41-22-20-38(21-23-41)34(6)55/h10-19,24-27,38,41,43H,7-9,20-23,28-31,50H2,1-6H3. The number of aliphatic imine (C=N–C) groups is 1. The second-order valence-electron chi connectivity index (χ2n) is 15.6. The van der Waals surface area contributed by atoms with Crippen LogP contribution in [0.2, 0.25) is 18.1 Å². The normalized spacial score (nSPS) is 16.6. The number of halogens is 2. The highest BCUT2D eigenvalue weighted by Gasteiger charge is 2.37. The average Bonchev–Trinajstić information content (AvgIpc) is 3.24. The fourth-order valence-corrected chi connectivity index (χ4v) is 10.6. The Morgan fingerprint density at radius 3 is 1.95 bits per heavy atom. The van der Waals surface area contributed by atoms with Crippen LogP contribution in [0.1, 0.15) is 94.4 Å².